The van der Waals surface area contributed by atoms with Crippen LogP contribution < -0.4 is 15.4 Å². The molecule has 1 amide bonds. The van der Waals surface area contributed by atoms with Gasteiger partial charge in [-0.1, -0.05) is 47.5 Å². The van der Waals surface area contributed by atoms with Gasteiger partial charge in [0, 0.05) is 25.6 Å². The lowest BCUT2D eigenvalue weighted by molar-refractivity contribution is -0.142. The number of anilines is 1. The molecule has 0 bridgehead atoms. The van der Waals surface area contributed by atoms with Crippen LogP contribution in [0.2, 0.25) is 10.0 Å². The highest BCUT2D eigenvalue weighted by Gasteiger charge is 2.25. The summed E-state index contributed by atoms with van der Waals surface area (Å²) in [4.78, 5) is 29.5. The number of halogens is 2. The summed E-state index contributed by atoms with van der Waals surface area (Å²) in [6.45, 7) is 0.471. The highest BCUT2D eigenvalue weighted by molar-refractivity contribution is 6.39. The maximum absolute atomic E-state index is 12.7. The van der Waals surface area contributed by atoms with Gasteiger partial charge in [0.15, 0.2) is 0 Å². The summed E-state index contributed by atoms with van der Waals surface area (Å²) >= 11 is 12.2. The van der Waals surface area contributed by atoms with Crippen molar-refractivity contribution >= 4 is 40.9 Å². The minimum absolute atomic E-state index is 0.109. The molecular formula is C25H25Cl2N3O4. The van der Waals surface area contributed by atoms with Gasteiger partial charge in [-0.3, -0.25) is 4.79 Å². The second-order valence-electron chi connectivity index (χ2n) is 7.36. The van der Waals surface area contributed by atoms with Crippen molar-refractivity contribution in [2.75, 3.05) is 26.1 Å². The van der Waals surface area contributed by atoms with Gasteiger partial charge >= 0.3 is 5.97 Å². The van der Waals surface area contributed by atoms with Crippen molar-refractivity contribution in [2.45, 2.75) is 18.9 Å². The van der Waals surface area contributed by atoms with Crippen LogP contribution >= 0.6 is 23.2 Å². The number of methoxy groups -OCH3 is 1. The number of ether oxygens (including phenoxy) is 2. The Morgan fingerprint density at radius 1 is 1.00 bits per heavy atom. The Morgan fingerprint density at radius 2 is 1.68 bits per heavy atom. The molecule has 178 valence electrons. The van der Waals surface area contributed by atoms with Crippen molar-refractivity contribution in [1.82, 2.24) is 10.3 Å². The highest BCUT2D eigenvalue weighted by Crippen LogP contribution is 2.24. The molecule has 0 aliphatic heterocycles. The van der Waals surface area contributed by atoms with Crippen molar-refractivity contribution in [3.63, 3.8) is 0 Å². The Bertz CT molecular complexity index is 1120. The Hall–Kier alpha value is -3.29. The second-order valence-corrected chi connectivity index (χ2v) is 8.17. The third-order valence-electron chi connectivity index (χ3n) is 5.03. The fourth-order valence-electron chi connectivity index (χ4n) is 3.27. The predicted octanol–water partition coefficient (Wildman–Crippen LogP) is 4.57. The average Bonchev–Trinajstić information content (AvgIpc) is 2.84. The van der Waals surface area contributed by atoms with Gasteiger partial charge in [-0.25, -0.2) is 9.78 Å². The smallest absolute Gasteiger partial charge is 0.328 e. The van der Waals surface area contributed by atoms with Gasteiger partial charge < -0.3 is 20.1 Å². The summed E-state index contributed by atoms with van der Waals surface area (Å²) < 4.78 is 10.7. The molecule has 2 N–H and O–H groups in total. The van der Waals surface area contributed by atoms with Gasteiger partial charge in [0.25, 0.3) is 5.91 Å². The third-order valence-corrected chi connectivity index (χ3v) is 5.66. The molecule has 7 nitrogen and oxygen atoms in total. The molecule has 0 aliphatic rings. The Kier molecular flexibility index (Phi) is 9.13. The maximum Gasteiger partial charge on any atom is 0.328 e. The van der Waals surface area contributed by atoms with Gasteiger partial charge in [-0.2, -0.15) is 0 Å². The van der Waals surface area contributed by atoms with Crippen LogP contribution in [0.4, 0.5) is 5.82 Å². The van der Waals surface area contributed by atoms with E-state index < -0.39 is 17.9 Å². The number of nitrogens with one attached hydrogen (secondary N) is 2. The quantitative estimate of drug-likeness (QED) is 0.395. The number of carbonyl (C=O) groups is 2. The molecule has 0 fully saturated rings. The van der Waals surface area contributed by atoms with Gasteiger partial charge in [-0.15, -0.1) is 0 Å². The fourth-order valence-corrected chi connectivity index (χ4v) is 3.84. The Balaban J connectivity index is 1.60. The van der Waals surface area contributed by atoms with Crippen molar-refractivity contribution < 1.29 is 19.1 Å². The minimum Gasteiger partial charge on any atom is -0.493 e. The number of carbonyl (C=O) groups excluding carboxylic acids is 2. The molecule has 9 heteroatoms. The summed E-state index contributed by atoms with van der Waals surface area (Å²) in [6, 6.07) is 16.9. The first-order valence-corrected chi connectivity index (χ1v) is 11.3. The van der Waals surface area contributed by atoms with Crippen LogP contribution in [-0.2, 0) is 22.4 Å². The van der Waals surface area contributed by atoms with Gasteiger partial charge in [0.1, 0.15) is 17.6 Å². The summed E-state index contributed by atoms with van der Waals surface area (Å²) in [5.74, 6) is 0.371. The van der Waals surface area contributed by atoms with Gasteiger partial charge in [0.2, 0.25) is 0 Å². The lowest BCUT2D eigenvalue weighted by Crippen LogP contribution is -2.43. The molecule has 0 saturated carbocycles. The molecule has 0 unspecified atom stereocenters. The van der Waals surface area contributed by atoms with E-state index in [1.54, 1.807) is 18.2 Å². The normalized spacial score (nSPS) is 11.4. The number of amides is 1. The predicted molar refractivity (Wildman–Crippen MR) is 133 cm³/mol. The van der Waals surface area contributed by atoms with Crippen LogP contribution in [0.15, 0.2) is 60.7 Å². The monoisotopic (exact) mass is 501 g/mol. The SMILES string of the molecule is CNc1cccc(CCOc2ccc(C[C@H](NC(=O)c3c(Cl)cccc3Cl)C(=O)OC)cc2)n1. The zero-order chi connectivity index (χ0) is 24.5. The molecular weight excluding hydrogens is 477 g/mol. The van der Waals surface area contributed by atoms with E-state index in [9.17, 15) is 9.59 Å². The number of hydrogen-bond acceptors (Lipinski definition) is 6. The first-order valence-electron chi connectivity index (χ1n) is 10.6. The van der Waals surface area contributed by atoms with Crippen molar-refractivity contribution in [2.24, 2.45) is 0 Å². The highest BCUT2D eigenvalue weighted by atomic mass is 35.5. The van der Waals surface area contributed by atoms with Crippen LogP contribution in [0.25, 0.3) is 0 Å². The molecule has 34 heavy (non-hydrogen) atoms. The van der Waals surface area contributed by atoms with Gasteiger partial charge in [0.05, 0.1) is 29.3 Å². The van der Waals surface area contributed by atoms with Crippen molar-refractivity contribution in [3.05, 3.63) is 87.5 Å². The second kappa shape index (κ2) is 12.3. The molecule has 3 rings (SSSR count). The molecule has 0 aliphatic carbocycles. The molecule has 2 aromatic carbocycles. The van der Waals surface area contributed by atoms with E-state index in [4.69, 9.17) is 32.7 Å². The molecule has 1 aromatic heterocycles. The lowest BCUT2D eigenvalue weighted by Gasteiger charge is -2.18. The van der Waals surface area contributed by atoms with E-state index >= 15 is 0 Å². The number of nitrogens with zero attached hydrogens (tertiary/aromatic N) is 1. The van der Waals surface area contributed by atoms with Crippen LogP contribution in [-0.4, -0.2) is 43.7 Å². The van der Waals surface area contributed by atoms with Gasteiger partial charge in [-0.05, 0) is 42.0 Å². The van der Waals surface area contributed by atoms with E-state index in [2.05, 4.69) is 15.6 Å². The molecule has 1 heterocycles. The van der Waals surface area contributed by atoms with Crippen molar-refractivity contribution in [1.29, 1.82) is 0 Å². The minimum atomic E-state index is -0.915. The topological polar surface area (TPSA) is 89.6 Å². The number of benzene rings is 2. The Morgan fingerprint density at radius 3 is 2.32 bits per heavy atom. The third kappa shape index (κ3) is 6.85. The average molecular weight is 502 g/mol. The number of rotatable bonds is 10. The van der Waals surface area contributed by atoms with E-state index in [1.165, 1.54) is 7.11 Å². The number of aromatic nitrogens is 1. The Labute approximate surface area is 208 Å². The van der Waals surface area contributed by atoms with Crippen LogP contribution in [0.5, 0.6) is 5.75 Å². The maximum atomic E-state index is 12.7. The fraction of sp³-hybridized carbons (Fsp3) is 0.240. The molecule has 1 atom stereocenters. The van der Waals surface area contributed by atoms with E-state index in [-0.39, 0.29) is 22.0 Å². The summed E-state index contributed by atoms with van der Waals surface area (Å²) in [5, 5.41) is 6.07. The lowest BCUT2D eigenvalue weighted by atomic mass is 10.0. The van der Waals surface area contributed by atoms with Crippen molar-refractivity contribution in [3.8, 4) is 5.75 Å². The molecule has 0 saturated heterocycles. The first kappa shape index (κ1) is 25.3. The number of pyridine rings is 1. The number of esters is 1. The van der Waals surface area contributed by atoms with Crippen LogP contribution in [0, 0.1) is 0 Å². The van der Waals surface area contributed by atoms with Crippen LogP contribution in [0.3, 0.4) is 0 Å². The van der Waals surface area contributed by atoms with E-state index in [1.807, 2.05) is 49.5 Å². The summed E-state index contributed by atoms with van der Waals surface area (Å²) in [6.07, 6.45) is 0.889. The molecule has 0 spiro atoms. The first-order chi connectivity index (χ1) is 16.4. The largest absolute Gasteiger partial charge is 0.493 e. The molecule has 3 aromatic rings. The summed E-state index contributed by atoms with van der Waals surface area (Å²) in [5.41, 5.74) is 1.86. The van der Waals surface area contributed by atoms with Crippen LogP contribution in [0.1, 0.15) is 21.6 Å². The molecule has 0 radical (unpaired) electrons. The van der Waals surface area contributed by atoms with E-state index in [0.29, 0.717) is 18.8 Å². The zero-order valence-electron chi connectivity index (χ0n) is 18.8. The number of hydrogen-bond donors (Lipinski definition) is 2. The zero-order valence-corrected chi connectivity index (χ0v) is 20.3. The van der Waals surface area contributed by atoms with E-state index in [0.717, 1.165) is 17.1 Å². The summed E-state index contributed by atoms with van der Waals surface area (Å²) in [7, 11) is 3.09. The standard InChI is InChI=1S/C25H25Cl2N3O4/c1-28-22-8-3-5-17(29-22)13-14-34-18-11-9-16(10-12-18)15-21(25(32)33-2)30-24(31)23-19(26)6-4-7-20(23)27/h3-12,21H,13-15H2,1-2H3,(H,28,29)(H,30,31)/t21-/m0/s1.